The number of nitrogens with one attached hydrogen (secondary N) is 1. The van der Waals surface area contributed by atoms with Crippen molar-refractivity contribution in [2.24, 2.45) is 0 Å². The number of rotatable bonds is 6. The second-order valence-electron chi connectivity index (χ2n) is 5.09. The largest absolute Gasteiger partial charge is 0.497 e. The monoisotopic (exact) mass is 345 g/mol. The quantitative estimate of drug-likeness (QED) is 0.711. The highest BCUT2D eigenvalue weighted by Gasteiger charge is 2.15. The molecule has 0 aliphatic rings. The topological polar surface area (TPSA) is 80.4 Å². The first kappa shape index (κ1) is 16.3. The molecule has 0 saturated heterocycles. The van der Waals surface area contributed by atoms with E-state index in [1.54, 1.807) is 19.2 Å². The first-order chi connectivity index (χ1) is 11.7. The summed E-state index contributed by atoms with van der Waals surface area (Å²) in [7, 11) is 1.60. The molecule has 24 heavy (non-hydrogen) atoms. The van der Waals surface area contributed by atoms with Gasteiger partial charge < -0.3 is 19.7 Å². The molecule has 7 heteroatoms. The second-order valence-corrected chi connectivity index (χ2v) is 5.52. The Morgan fingerprint density at radius 2 is 2.04 bits per heavy atom. The van der Waals surface area contributed by atoms with Gasteiger partial charge in [0, 0.05) is 10.6 Å². The number of aliphatic hydroxyl groups is 1. The zero-order valence-electron chi connectivity index (χ0n) is 12.9. The Bertz CT molecular complexity index is 805. The molecule has 124 valence electrons. The van der Waals surface area contributed by atoms with E-state index in [1.165, 1.54) is 0 Å². The number of aliphatic hydroxyl groups excluding tert-OH is 1. The lowest BCUT2D eigenvalue weighted by atomic mass is 10.1. The number of methoxy groups -OCH3 is 1. The van der Waals surface area contributed by atoms with Gasteiger partial charge in [-0.3, -0.25) is 0 Å². The Labute approximate surface area is 144 Å². The van der Waals surface area contributed by atoms with E-state index in [-0.39, 0.29) is 18.7 Å². The van der Waals surface area contributed by atoms with E-state index in [2.05, 4.69) is 15.5 Å². The number of aromatic nitrogens is 2. The fraction of sp³-hybridized carbons (Fsp3) is 0.176. The summed E-state index contributed by atoms with van der Waals surface area (Å²) in [6.45, 7) is -0.126. The van der Waals surface area contributed by atoms with Crippen molar-refractivity contribution < 1.29 is 14.4 Å². The molecule has 0 radical (unpaired) electrons. The van der Waals surface area contributed by atoms with E-state index < -0.39 is 0 Å². The maximum absolute atomic E-state index is 9.60. The molecule has 3 rings (SSSR count). The molecule has 0 aliphatic carbocycles. The molecule has 2 N–H and O–H groups in total. The minimum absolute atomic E-state index is 0.126. The van der Waals surface area contributed by atoms with E-state index in [9.17, 15) is 5.11 Å². The third kappa shape index (κ3) is 3.67. The van der Waals surface area contributed by atoms with Crippen LogP contribution < -0.4 is 10.1 Å². The van der Waals surface area contributed by atoms with Crippen LogP contribution in [0, 0.1) is 0 Å². The minimum atomic E-state index is -0.374. The normalized spacial score (nSPS) is 12.0. The first-order valence-corrected chi connectivity index (χ1v) is 7.68. The van der Waals surface area contributed by atoms with Crippen molar-refractivity contribution in [3.05, 3.63) is 59.1 Å². The molecular weight excluding hydrogens is 330 g/mol. The fourth-order valence-corrected chi connectivity index (χ4v) is 2.37. The predicted octanol–water partition coefficient (Wildman–Crippen LogP) is 3.54. The molecule has 3 aromatic rings. The number of nitrogens with zero attached hydrogens (tertiary/aromatic N) is 2. The predicted molar refractivity (Wildman–Crippen MR) is 91.2 cm³/mol. The van der Waals surface area contributed by atoms with E-state index in [0.29, 0.717) is 16.6 Å². The van der Waals surface area contributed by atoms with Crippen LogP contribution in [0.5, 0.6) is 5.75 Å². The van der Waals surface area contributed by atoms with E-state index in [1.807, 2.05) is 36.4 Å². The van der Waals surface area contributed by atoms with E-state index in [4.69, 9.17) is 20.9 Å². The van der Waals surface area contributed by atoms with Gasteiger partial charge in [-0.2, -0.15) is 4.98 Å². The molecule has 6 nitrogen and oxygen atoms in total. The summed E-state index contributed by atoms with van der Waals surface area (Å²) in [5, 5.41) is 17.2. The number of hydrogen-bond acceptors (Lipinski definition) is 6. The third-order valence-corrected chi connectivity index (χ3v) is 3.76. The number of benzene rings is 2. The molecule has 2 aromatic carbocycles. The molecular formula is C17H16ClN3O3. The van der Waals surface area contributed by atoms with Crippen LogP contribution in [-0.2, 0) is 0 Å². The molecule has 1 aromatic heterocycles. The summed E-state index contributed by atoms with van der Waals surface area (Å²) < 4.78 is 10.4. The van der Waals surface area contributed by atoms with Gasteiger partial charge in [0.15, 0.2) is 0 Å². The standard InChI is InChI=1S/C17H16ClN3O3/c1-23-14-4-2-3-12(9-14)16-20-17(24-21-16)19-15(10-22)11-5-7-13(18)8-6-11/h2-9,15,22H,10H2,1H3,(H,19,20,21). The molecule has 1 atom stereocenters. The van der Waals surface area contributed by atoms with Gasteiger partial charge in [0.05, 0.1) is 19.8 Å². The van der Waals surface area contributed by atoms with Crippen molar-refractivity contribution in [2.45, 2.75) is 6.04 Å². The molecule has 1 unspecified atom stereocenters. The number of hydrogen-bond donors (Lipinski definition) is 2. The van der Waals surface area contributed by atoms with Gasteiger partial charge in [-0.1, -0.05) is 41.0 Å². The van der Waals surface area contributed by atoms with Crippen molar-refractivity contribution in [3.8, 4) is 17.1 Å². The summed E-state index contributed by atoms with van der Waals surface area (Å²) in [5.41, 5.74) is 1.64. The molecule has 0 fully saturated rings. The van der Waals surface area contributed by atoms with Gasteiger partial charge in [0.2, 0.25) is 5.82 Å². The van der Waals surface area contributed by atoms with Gasteiger partial charge in [0.25, 0.3) is 0 Å². The molecule has 0 amide bonds. The molecule has 1 heterocycles. The van der Waals surface area contributed by atoms with Gasteiger partial charge in [-0.25, -0.2) is 0 Å². The fourth-order valence-electron chi connectivity index (χ4n) is 2.24. The Morgan fingerprint density at radius 3 is 2.75 bits per heavy atom. The highest BCUT2D eigenvalue weighted by molar-refractivity contribution is 6.30. The molecule has 0 saturated carbocycles. The maximum Gasteiger partial charge on any atom is 0.322 e. The van der Waals surface area contributed by atoms with Crippen molar-refractivity contribution in [3.63, 3.8) is 0 Å². The zero-order chi connectivity index (χ0) is 16.9. The van der Waals surface area contributed by atoms with E-state index >= 15 is 0 Å². The van der Waals surface area contributed by atoms with Crippen molar-refractivity contribution in [1.29, 1.82) is 0 Å². The van der Waals surface area contributed by atoms with Crippen molar-refractivity contribution in [1.82, 2.24) is 10.1 Å². The number of ether oxygens (including phenoxy) is 1. The highest BCUT2D eigenvalue weighted by Crippen LogP contribution is 2.24. The molecule has 0 bridgehead atoms. The average Bonchev–Trinajstić information content (AvgIpc) is 3.09. The average molecular weight is 346 g/mol. The third-order valence-electron chi connectivity index (χ3n) is 3.51. The number of anilines is 1. The Hall–Kier alpha value is -2.57. The van der Waals surface area contributed by atoms with Crippen LogP contribution in [0.25, 0.3) is 11.4 Å². The lowest BCUT2D eigenvalue weighted by molar-refractivity contribution is 0.273. The maximum atomic E-state index is 9.60. The summed E-state index contributed by atoms with van der Waals surface area (Å²) in [5.74, 6) is 1.14. The Morgan fingerprint density at radius 1 is 1.25 bits per heavy atom. The summed E-state index contributed by atoms with van der Waals surface area (Å²) >= 11 is 5.88. The van der Waals surface area contributed by atoms with Crippen LogP contribution in [0.15, 0.2) is 53.1 Å². The van der Waals surface area contributed by atoms with Crippen LogP contribution in [-0.4, -0.2) is 29.0 Å². The second kappa shape index (κ2) is 7.33. The van der Waals surface area contributed by atoms with Gasteiger partial charge in [-0.15, -0.1) is 0 Å². The van der Waals surface area contributed by atoms with Gasteiger partial charge >= 0.3 is 6.01 Å². The van der Waals surface area contributed by atoms with Gasteiger partial charge in [-0.05, 0) is 29.8 Å². The van der Waals surface area contributed by atoms with Crippen LogP contribution in [0.4, 0.5) is 6.01 Å². The van der Waals surface area contributed by atoms with Crippen molar-refractivity contribution in [2.75, 3.05) is 19.0 Å². The van der Waals surface area contributed by atoms with Crippen LogP contribution in [0.2, 0.25) is 5.02 Å². The molecule has 0 spiro atoms. The minimum Gasteiger partial charge on any atom is -0.497 e. The summed E-state index contributed by atoms with van der Waals surface area (Å²) in [6, 6.07) is 14.4. The van der Waals surface area contributed by atoms with Gasteiger partial charge in [0.1, 0.15) is 5.75 Å². The number of halogens is 1. The highest BCUT2D eigenvalue weighted by atomic mass is 35.5. The Balaban J connectivity index is 1.78. The molecule has 0 aliphatic heterocycles. The lowest BCUT2D eigenvalue weighted by Gasteiger charge is -2.14. The van der Waals surface area contributed by atoms with Crippen molar-refractivity contribution >= 4 is 17.6 Å². The smallest absolute Gasteiger partial charge is 0.322 e. The summed E-state index contributed by atoms with van der Waals surface area (Å²) in [4.78, 5) is 4.31. The lowest BCUT2D eigenvalue weighted by Crippen LogP contribution is -2.14. The van der Waals surface area contributed by atoms with Crippen LogP contribution in [0.3, 0.4) is 0 Å². The van der Waals surface area contributed by atoms with Crippen LogP contribution in [0.1, 0.15) is 11.6 Å². The van der Waals surface area contributed by atoms with E-state index in [0.717, 1.165) is 11.1 Å². The zero-order valence-corrected chi connectivity index (χ0v) is 13.7. The SMILES string of the molecule is COc1cccc(-c2noc(NC(CO)c3ccc(Cl)cc3)n2)c1. The summed E-state index contributed by atoms with van der Waals surface area (Å²) in [6.07, 6.45) is 0. The first-order valence-electron chi connectivity index (χ1n) is 7.30. The van der Waals surface area contributed by atoms with Crippen LogP contribution >= 0.6 is 11.6 Å². The Kier molecular flexibility index (Phi) is 4.98.